The number of ether oxygens (including phenoxy) is 2. The minimum atomic E-state index is -3.33. The molecule has 0 radical (unpaired) electrons. The second-order valence-electron chi connectivity index (χ2n) is 3.87. The molecule has 0 aliphatic carbocycles. The number of hydrogen-bond donors (Lipinski definition) is 0. The Morgan fingerprint density at radius 3 is 2.30 bits per heavy atom. The Morgan fingerprint density at radius 1 is 1.15 bits per heavy atom. The molecule has 0 spiro atoms. The molecule has 0 aliphatic heterocycles. The SMILES string of the molecule is CCOc1cccc(OCC(=O)CP(=O)(OC)OC)c1. The monoisotopic (exact) mass is 302 g/mol. The first-order valence-corrected chi connectivity index (χ1v) is 7.83. The molecule has 0 N–H and O–H groups in total. The third kappa shape index (κ3) is 5.33. The van der Waals surface area contributed by atoms with Crippen LogP contribution in [0, 0.1) is 0 Å². The average Bonchev–Trinajstić information content (AvgIpc) is 2.46. The van der Waals surface area contributed by atoms with E-state index in [9.17, 15) is 9.36 Å². The third-order valence-electron chi connectivity index (χ3n) is 2.44. The second kappa shape index (κ2) is 8.04. The first kappa shape index (κ1) is 16.7. The van der Waals surface area contributed by atoms with E-state index in [1.165, 1.54) is 14.2 Å². The van der Waals surface area contributed by atoms with Gasteiger partial charge >= 0.3 is 7.60 Å². The average molecular weight is 302 g/mol. The molecule has 0 bridgehead atoms. The van der Waals surface area contributed by atoms with E-state index in [2.05, 4.69) is 0 Å². The van der Waals surface area contributed by atoms with Crippen LogP contribution in [0.2, 0.25) is 0 Å². The van der Waals surface area contributed by atoms with Gasteiger partial charge in [0.1, 0.15) is 24.3 Å². The summed E-state index contributed by atoms with van der Waals surface area (Å²) in [4.78, 5) is 11.7. The standard InChI is InChI=1S/C13H19O6P/c1-4-18-12-6-5-7-13(8-12)19-9-11(14)10-20(15,16-2)17-3/h5-8H,4,9-10H2,1-3H3. The fourth-order valence-electron chi connectivity index (χ4n) is 1.45. The summed E-state index contributed by atoms with van der Waals surface area (Å²) in [5.74, 6) is 0.810. The lowest BCUT2D eigenvalue weighted by atomic mass is 10.3. The van der Waals surface area contributed by atoms with Crippen molar-refractivity contribution in [3.05, 3.63) is 24.3 Å². The molecule has 0 heterocycles. The zero-order chi connectivity index (χ0) is 15.0. The molecule has 0 aromatic heterocycles. The maximum atomic E-state index is 11.8. The van der Waals surface area contributed by atoms with Gasteiger partial charge in [0.2, 0.25) is 0 Å². The molecular formula is C13H19O6P. The molecule has 1 aromatic rings. The van der Waals surface area contributed by atoms with Crippen LogP contribution in [0.5, 0.6) is 11.5 Å². The number of rotatable bonds is 9. The second-order valence-corrected chi connectivity index (χ2v) is 6.14. The normalized spacial score (nSPS) is 11.2. The summed E-state index contributed by atoms with van der Waals surface area (Å²) < 4.78 is 31.8. The summed E-state index contributed by atoms with van der Waals surface area (Å²) in [6.07, 6.45) is -0.314. The van der Waals surface area contributed by atoms with Crippen LogP contribution in [-0.4, -0.2) is 39.4 Å². The maximum absolute atomic E-state index is 11.8. The minimum Gasteiger partial charge on any atom is -0.494 e. The van der Waals surface area contributed by atoms with Crippen molar-refractivity contribution in [1.29, 1.82) is 0 Å². The molecule has 0 aliphatic rings. The fourth-order valence-corrected chi connectivity index (χ4v) is 2.38. The zero-order valence-electron chi connectivity index (χ0n) is 11.8. The number of carbonyl (C=O) groups is 1. The van der Waals surface area contributed by atoms with Crippen LogP contribution < -0.4 is 9.47 Å². The van der Waals surface area contributed by atoms with Crippen LogP contribution in [0.15, 0.2) is 24.3 Å². The van der Waals surface area contributed by atoms with Crippen molar-refractivity contribution in [2.45, 2.75) is 6.92 Å². The first-order valence-electron chi connectivity index (χ1n) is 6.11. The topological polar surface area (TPSA) is 71.1 Å². The van der Waals surface area contributed by atoms with E-state index in [1.807, 2.05) is 6.92 Å². The van der Waals surface area contributed by atoms with Crippen LogP contribution in [0.1, 0.15) is 6.92 Å². The van der Waals surface area contributed by atoms with Gasteiger partial charge in [-0.25, -0.2) is 0 Å². The lowest BCUT2D eigenvalue weighted by Gasteiger charge is -2.13. The Kier molecular flexibility index (Phi) is 6.71. The highest BCUT2D eigenvalue weighted by atomic mass is 31.2. The van der Waals surface area contributed by atoms with E-state index in [-0.39, 0.29) is 18.6 Å². The third-order valence-corrected chi connectivity index (χ3v) is 4.30. The van der Waals surface area contributed by atoms with Crippen LogP contribution in [0.3, 0.4) is 0 Å². The van der Waals surface area contributed by atoms with E-state index in [4.69, 9.17) is 18.5 Å². The van der Waals surface area contributed by atoms with Gasteiger partial charge in [0.05, 0.1) is 6.61 Å². The quantitative estimate of drug-likeness (QED) is 0.653. The summed E-state index contributed by atoms with van der Waals surface area (Å²) in [5.41, 5.74) is 0. The Labute approximate surface area is 118 Å². The number of Topliss-reactive ketones (excluding diaryl/α,β-unsaturated/α-hetero) is 1. The minimum absolute atomic E-state index is 0.202. The van der Waals surface area contributed by atoms with Crippen LogP contribution in [-0.2, 0) is 18.4 Å². The molecule has 0 saturated heterocycles. The summed E-state index contributed by atoms with van der Waals surface area (Å²) in [6, 6.07) is 6.95. The molecule has 0 atom stereocenters. The van der Waals surface area contributed by atoms with Crippen LogP contribution >= 0.6 is 7.60 Å². The zero-order valence-corrected chi connectivity index (χ0v) is 12.7. The predicted octanol–water partition coefficient (Wildman–Crippen LogP) is 2.52. The molecule has 112 valence electrons. The van der Waals surface area contributed by atoms with Gasteiger partial charge in [-0.15, -0.1) is 0 Å². The summed E-state index contributed by atoms with van der Waals surface area (Å²) in [5, 5.41) is 0. The lowest BCUT2D eigenvalue weighted by Crippen LogP contribution is -2.16. The van der Waals surface area contributed by atoms with E-state index in [0.29, 0.717) is 18.1 Å². The van der Waals surface area contributed by atoms with E-state index in [1.54, 1.807) is 24.3 Å². The lowest BCUT2D eigenvalue weighted by molar-refractivity contribution is -0.118. The molecule has 6 nitrogen and oxygen atoms in total. The largest absolute Gasteiger partial charge is 0.494 e. The predicted molar refractivity (Wildman–Crippen MR) is 74.6 cm³/mol. The van der Waals surface area contributed by atoms with Crippen molar-refractivity contribution in [1.82, 2.24) is 0 Å². The molecule has 0 saturated carbocycles. The van der Waals surface area contributed by atoms with E-state index >= 15 is 0 Å². The molecule has 0 amide bonds. The van der Waals surface area contributed by atoms with Gasteiger partial charge in [0.25, 0.3) is 0 Å². The highest BCUT2D eigenvalue weighted by molar-refractivity contribution is 7.54. The van der Waals surface area contributed by atoms with Crippen molar-refractivity contribution >= 4 is 13.4 Å². The summed E-state index contributed by atoms with van der Waals surface area (Å²) >= 11 is 0. The smallest absolute Gasteiger partial charge is 0.337 e. The molecular weight excluding hydrogens is 283 g/mol. The van der Waals surface area contributed by atoms with Crippen LogP contribution in [0.25, 0.3) is 0 Å². The fraction of sp³-hybridized carbons (Fsp3) is 0.462. The van der Waals surface area contributed by atoms with Gasteiger partial charge in [0.15, 0.2) is 5.78 Å². The Balaban J connectivity index is 2.52. The van der Waals surface area contributed by atoms with Gasteiger partial charge in [-0.1, -0.05) is 6.07 Å². The van der Waals surface area contributed by atoms with E-state index < -0.39 is 7.60 Å². The van der Waals surface area contributed by atoms with Crippen molar-refractivity contribution in [3.8, 4) is 11.5 Å². The summed E-state index contributed by atoms with van der Waals surface area (Å²) in [6.45, 7) is 2.23. The Morgan fingerprint density at radius 2 is 1.75 bits per heavy atom. The van der Waals surface area contributed by atoms with Gasteiger partial charge in [0, 0.05) is 20.3 Å². The van der Waals surface area contributed by atoms with Gasteiger partial charge < -0.3 is 18.5 Å². The number of carbonyl (C=O) groups excluding carboxylic acids is 1. The van der Waals surface area contributed by atoms with Crippen LogP contribution in [0.4, 0.5) is 0 Å². The van der Waals surface area contributed by atoms with Gasteiger partial charge in [-0.3, -0.25) is 9.36 Å². The highest BCUT2D eigenvalue weighted by Crippen LogP contribution is 2.45. The van der Waals surface area contributed by atoms with Crippen molar-refractivity contribution < 1.29 is 27.9 Å². The van der Waals surface area contributed by atoms with Gasteiger partial charge in [-0.2, -0.15) is 0 Å². The number of benzene rings is 1. The molecule has 20 heavy (non-hydrogen) atoms. The molecule has 0 fully saturated rings. The van der Waals surface area contributed by atoms with Crippen molar-refractivity contribution in [2.75, 3.05) is 33.6 Å². The first-order chi connectivity index (χ1) is 9.53. The van der Waals surface area contributed by atoms with Gasteiger partial charge in [-0.05, 0) is 19.1 Å². The molecule has 1 aromatic carbocycles. The Bertz CT molecular complexity index is 480. The molecule has 0 unspecified atom stereocenters. The highest BCUT2D eigenvalue weighted by Gasteiger charge is 2.25. The van der Waals surface area contributed by atoms with Crippen molar-refractivity contribution in [3.63, 3.8) is 0 Å². The molecule has 1 rings (SSSR count). The Hall–Kier alpha value is -1.36. The molecule has 7 heteroatoms. The number of ketones is 1. The van der Waals surface area contributed by atoms with Crippen molar-refractivity contribution in [2.24, 2.45) is 0 Å². The van der Waals surface area contributed by atoms with E-state index in [0.717, 1.165) is 0 Å². The maximum Gasteiger partial charge on any atom is 0.337 e. The number of hydrogen-bond acceptors (Lipinski definition) is 6. The summed E-state index contributed by atoms with van der Waals surface area (Å²) in [7, 11) is -0.853.